The maximum Gasteiger partial charge on any atom is 0.326 e. The zero-order valence-corrected chi connectivity index (χ0v) is 12.6. The summed E-state index contributed by atoms with van der Waals surface area (Å²) in [4.78, 5) is 23.3. The normalized spacial score (nSPS) is 12.6. The van der Waals surface area contributed by atoms with Crippen molar-refractivity contribution in [3.05, 3.63) is 26.9 Å². The first-order valence-electron chi connectivity index (χ1n) is 5.10. The van der Waals surface area contributed by atoms with E-state index in [9.17, 15) is 9.59 Å². The summed E-state index contributed by atoms with van der Waals surface area (Å²) in [6, 6.07) is 2.85. The quantitative estimate of drug-likeness (QED) is 0.545. The molecule has 0 saturated heterocycles. The van der Waals surface area contributed by atoms with Gasteiger partial charge in [-0.1, -0.05) is 0 Å². The Morgan fingerprint density at radius 3 is 2.78 bits per heavy atom. The summed E-state index contributed by atoms with van der Waals surface area (Å²) in [5.74, 6) is -1.07. The van der Waals surface area contributed by atoms with Crippen LogP contribution in [0.15, 0.2) is 22.0 Å². The number of nitrogens with one attached hydrogen (secondary N) is 1. The van der Waals surface area contributed by atoms with Gasteiger partial charge < -0.3 is 10.4 Å². The minimum atomic E-state index is -1.05. The molecule has 18 heavy (non-hydrogen) atoms. The second kappa shape index (κ2) is 7.60. The van der Waals surface area contributed by atoms with E-state index < -0.39 is 17.9 Å². The molecule has 1 amide bonds. The molecule has 0 aromatic carbocycles. The van der Waals surface area contributed by atoms with Crippen LogP contribution in [0.2, 0.25) is 0 Å². The van der Waals surface area contributed by atoms with Gasteiger partial charge in [-0.3, -0.25) is 4.79 Å². The van der Waals surface area contributed by atoms with Gasteiger partial charge in [-0.2, -0.15) is 12.6 Å². The molecule has 1 rings (SSSR count). The first-order valence-corrected chi connectivity index (χ1v) is 7.34. The second-order valence-corrected chi connectivity index (χ2v) is 6.33. The van der Waals surface area contributed by atoms with Crippen LogP contribution < -0.4 is 5.32 Å². The van der Waals surface area contributed by atoms with Gasteiger partial charge >= 0.3 is 5.97 Å². The molecule has 2 N–H and O–H groups in total. The third-order valence-electron chi connectivity index (χ3n) is 2.03. The molecule has 7 heteroatoms. The minimum absolute atomic E-state index is 0.294. The number of rotatable bonds is 6. The molecular weight excluding hydrogens is 338 g/mol. The monoisotopic (exact) mass is 349 g/mol. The predicted octanol–water partition coefficient (Wildman–Crippen LogP) is 2.41. The SMILES string of the molecule is O=C(/C=C/c1ccc(Br)s1)NC(CCS)C(=O)O. The average molecular weight is 350 g/mol. The molecule has 4 nitrogen and oxygen atoms in total. The molecule has 1 unspecified atom stereocenters. The second-order valence-electron chi connectivity index (χ2n) is 3.39. The Morgan fingerprint density at radius 1 is 1.56 bits per heavy atom. The predicted molar refractivity (Wildman–Crippen MR) is 79.1 cm³/mol. The van der Waals surface area contributed by atoms with Gasteiger partial charge in [-0.25, -0.2) is 4.79 Å². The highest BCUT2D eigenvalue weighted by molar-refractivity contribution is 9.11. The summed E-state index contributed by atoms with van der Waals surface area (Å²) in [5.41, 5.74) is 0. The molecule has 1 heterocycles. The minimum Gasteiger partial charge on any atom is -0.480 e. The van der Waals surface area contributed by atoms with Crippen LogP contribution in [-0.4, -0.2) is 28.8 Å². The van der Waals surface area contributed by atoms with Crippen LogP contribution in [0.25, 0.3) is 6.08 Å². The van der Waals surface area contributed by atoms with Gasteiger partial charge in [0.1, 0.15) is 6.04 Å². The van der Waals surface area contributed by atoms with Crippen molar-refractivity contribution in [2.75, 3.05) is 5.75 Å². The van der Waals surface area contributed by atoms with Crippen molar-refractivity contribution in [1.82, 2.24) is 5.32 Å². The number of hydrogen-bond acceptors (Lipinski definition) is 4. The molecule has 0 aliphatic rings. The van der Waals surface area contributed by atoms with Crippen molar-refractivity contribution in [2.24, 2.45) is 0 Å². The number of thiophene rings is 1. The van der Waals surface area contributed by atoms with Crippen molar-refractivity contribution >= 4 is 57.8 Å². The lowest BCUT2D eigenvalue weighted by molar-refractivity contribution is -0.141. The molecule has 1 atom stereocenters. The van der Waals surface area contributed by atoms with E-state index >= 15 is 0 Å². The smallest absolute Gasteiger partial charge is 0.326 e. The lowest BCUT2D eigenvalue weighted by Crippen LogP contribution is -2.40. The van der Waals surface area contributed by atoms with Crippen LogP contribution in [0.3, 0.4) is 0 Å². The van der Waals surface area contributed by atoms with Crippen LogP contribution in [-0.2, 0) is 9.59 Å². The zero-order valence-electron chi connectivity index (χ0n) is 9.30. The van der Waals surface area contributed by atoms with E-state index in [1.54, 1.807) is 6.08 Å². The van der Waals surface area contributed by atoms with Crippen molar-refractivity contribution in [2.45, 2.75) is 12.5 Å². The highest BCUT2D eigenvalue weighted by atomic mass is 79.9. The Hall–Kier alpha value is -0.790. The van der Waals surface area contributed by atoms with Crippen molar-refractivity contribution in [3.8, 4) is 0 Å². The molecule has 0 fully saturated rings. The van der Waals surface area contributed by atoms with Crippen LogP contribution in [0.4, 0.5) is 0 Å². The maximum atomic E-state index is 11.5. The zero-order chi connectivity index (χ0) is 13.5. The van der Waals surface area contributed by atoms with Gasteiger partial charge in [-0.15, -0.1) is 11.3 Å². The number of halogens is 1. The Labute approximate surface area is 123 Å². The summed E-state index contributed by atoms with van der Waals surface area (Å²) in [6.07, 6.45) is 3.26. The average Bonchev–Trinajstić information content (AvgIpc) is 2.72. The van der Waals surface area contributed by atoms with Gasteiger partial charge in [0.25, 0.3) is 0 Å². The number of aliphatic carboxylic acids is 1. The summed E-state index contributed by atoms with van der Waals surface area (Å²) >= 11 is 8.76. The molecule has 0 saturated carbocycles. The summed E-state index contributed by atoms with van der Waals surface area (Å²) in [6.45, 7) is 0. The summed E-state index contributed by atoms with van der Waals surface area (Å²) in [5, 5.41) is 11.3. The van der Waals surface area contributed by atoms with Crippen molar-refractivity contribution < 1.29 is 14.7 Å². The molecule has 0 radical (unpaired) electrons. The first kappa shape index (κ1) is 15.3. The molecule has 1 aromatic rings. The number of carboxylic acid groups (broad SMARTS) is 1. The molecule has 0 spiro atoms. The topological polar surface area (TPSA) is 66.4 Å². The standard InChI is InChI=1S/C11H12BrNO3S2/c12-9-3-1-7(18-9)2-4-10(14)13-8(5-6-17)11(15)16/h1-4,8,17H,5-6H2,(H,13,14)(H,15,16)/b4-2+. The fourth-order valence-corrected chi connectivity index (χ4v) is 2.77. The number of carboxylic acids is 1. The van der Waals surface area contributed by atoms with E-state index in [1.165, 1.54) is 17.4 Å². The van der Waals surface area contributed by atoms with E-state index in [2.05, 4.69) is 33.9 Å². The summed E-state index contributed by atoms with van der Waals surface area (Å²) < 4.78 is 0.973. The molecule has 0 aliphatic carbocycles. The number of carbonyl (C=O) groups excluding carboxylic acids is 1. The van der Waals surface area contributed by atoms with Crippen molar-refractivity contribution in [1.29, 1.82) is 0 Å². The fourth-order valence-electron chi connectivity index (χ4n) is 1.18. The third-order valence-corrected chi connectivity index (χ3v) is 3.87. The fraction of sp³-hybridized carbons (Fsp3) is 0.273. The number of carbonyl (C=O) groups is 2. The van der Waals surface area contributed by atoms with Gasteiger partial charge in [0.15, 0.2) is 0 Å². The van der Waals surface area contributed by atoms with Gasteiger partial charge in [0.05, 0.1) is 3.79 Å². The Morgan fingerprint density at radius 2 is 2.28 bits per heavy atom. The number of hydrogen-bond donors (Lipinski definition) is 3. The van der Waals surface area contributed by atoms with Crippen LogP contribution in [0.1, 0.15) is 11.3 Å². The van der Waals surface area contributed by atoms with E-state index in [-0.39, 0.29) is 0 Å². The highest BCUT2D eigenvalue weighted by Crippen LogP contribution is 2.22. The summed E-state index contributed by atoms with van der Waals surface area (Å²) in [7, 11) is 0. The maximum absolute atomic E-state index is 11.5. The number of thiol groups is 1. The van der Waals surface area contributed by atoms with Crippen LogP contribution >= 0.6 is 39.9 Å². The number of amides is 1. The Balaban J connectivity index is 2.54. The molecule has 1 aromatic heterocycles. The van der Waals surface area contributed by atoms with Crippen molar-refractivity contribution in [3.63, 3.8) is 0 Å². The first-order chi connectivity index (χ1) is 8.52. The van der Waals surface area contributed by atoms with E-state index in [1.807, 2.05) is 12.1 Å². The van der Waals surface area contributed by atoms with Gasteiger partial charge in [0.2, 0.25) is 5.91 Å². The van der Waals surface area contributed by atoms with E-state index in [0.717, 1.165) is 8.66 Å². The lowest BCUT2D eigenvalue weighted by atomic mass is 10.2. The van der Waals surface area contributed by atoms with E-state index in [0.29, 0.717) is 12.2 Å². The van der Waals surface area contributed by atoms with Gasteiger partial charge in [-0.05, 0) is 46.3 Å². The molecule has 0 aliphatic heterocycles. The molecular formula is C11H12BrNO3S2. The molecule has 0 bridgehead atoms. The Kier molecular flexibility index (Phi) is 6.45. The van der Waals surface area contributed by atoms with Crippen LogP contribution in [0.5, 0.6) is 0 Å². The third kappa shape index (κ3) is 5.24. The molecule has 98 valence electrons. The highest BCUT2D eigenvalue weighted by Gasteiger charge is 2.17. The van der Waals surface area contributed by atoms with Crippen LogP contribution in [0, 0.1) is 0 Å². The Bertz CT molecular complexity index is 459. The van der Waals surface area contributed by atoms with E-state index in [4.69, 9.17) is 5.11 Å². The van der Waals surface area contributed by atoms with Gasteiger partial charge in [0, 0.05) is 11.0 Å². The lowest BCUT2D eigenvalue weighted by Gasteiger charge is -2.11. The largest absolute Gasteiger partial charge is 0.480 e.